The second kappa shape index (κ2) is 9.71. The summed E-state index contributed by atoms with van der Waals surface area (Å²) in [6.45, 7) is 1.02. The molecule has 2 N–H and O–H groups in total. The van der Waals surface area contributed by atoms with Crippen molar-refractivity contribution in [3.63, 3.8) is 0 Å². The van der Waals surface area contributed by atoms with Crippen molar-refractivity contribution in [1.82, 2.24) is 15.3 Å². The molecular weight excluding hydrogens is 376 g/mol. The van der Waals surface area contributed by atoms with E-state index in [1.165, 1.54) is 6.33 Å². The van der Waals surface area contributed by atoms with E-state index in [2.05, 4.69) is 20.6 Å². The zero-order valence-electron chi connectivity index (χ0n) is 15.5. The highest BCUT2D eigenvalue weighted by Crippen LogP contribution is 2.17. The number of nitrogens with one attached hydrogen (secondary N) is 2. The summed E-state index contributed by atoms with van der Waals surface area (Å²) in [5.74, 6) is 1.06. The van der Waals surface area contributed by atoms with Gasteiger partial charge in [-0.05, 0) is 30.2 Å². The number of benzene rings is 2. The van der Waals surface area contributed by atoms with E-state index in [0.29, 0.717) is 29.6 Å². The number of aromatic nitrogens is 2. The van der Waals surface area contributed by atoms with Crippen LogP contribution in [0.5, 0.6) is 5.75 Å². The number of methoxy groups -OCH3 is 1. The zero-order chi connectivity index (χ0) is 19.8. The molecule has 1 aromatic heterocycles. The Kier molecular flexibility index (Phi) is 6.81. The molecule has 0 aliphatic carbocycles. The monoisotopic (exact) mass is 396 g/mol. The van der Waals surface area contributed by atoms with Gasteiger partial charge in [-0.15, -0.1) is 0 Å². The fourth-order valence-electron chi connectivity index (χ4n) is 2.72. The van der Waals surface area contributed by atoms with Crippen LogP contribution in [0.25, 0.3) is 0 Å². The molecule has 0 aliphatic rings. The molecule has 0 fully saturated rings. The van der Waals surface area contributed by atoms with E-state index in [9.17, 15) is 4.79 Å². The lowest BCUT2D eigenvalue weighted by Gasteiger charge is -2.10. The quantitative estimate of drug-likeness (QED) is 0.606. The topological polar surface area (TPSA) is 76.1 Å². The van der Waals surface area contributed by atoms with E-state index < -0.39 is 0 Å². The van der Waals surface area contributed by atoms with E-state index in [1.807, 2.05) is 48.5 Å². The summed E-state index contributed by atoms with van der Waals surface area (Å²) in [6, 6.07) is 16.9. The minimum absolute atomic E-state index is 0.272. The van der Waals surface area contributed by atoms with Crippen molar-refractivity contribution in [3.8, 4) is 5.75 Å². The number of amides is 1. The van der Waals surface area contributed by atoms with Crippen LogP contribution in [0.1, 0.15) is 21.6 Å². The van der Waals surface area contributed by atoms with Crippen LogP contribution in [0.4, 0.5) is 5.82 Å². The minimum atomic E-state index is -0.272. The van der Waals surface area contributed by atoms with E-state index in [1.54, 1.807) is 13.2 Å². The average Bonchev–Trinajstić information content (AvgIpc) is 2.72. The molecule has 3 aromatic rings. The van der Waals surface area contributed by atoms with Gasteiger partial charge in [-0.2, -0.15) is 0 Å². The molecule has 3 rings (SSSR count). The van der Waals surface area contributed by atoms with Crippen molar-refractivity contribution in [1.29, 1.82) is 0 Å². The Bertz CT molecular complexity index is 949. The lowest BCUT2D eigenvalue weighted by atomic mass is 10.1. The number of nitrogens with zero attached hydrogens (tertiary/aromatic N) is 2. The molecule has 0 radical (unpaired) electrons. The van der Waals surface area contributed by atoms with Gasteiger partial charge in [-0.25, -0.2) is 9.97 Å². The molecular formula is C21H21ClN4O2. The van der Waals surface area contributed by atoms with Crippen molar-refractivity contribution in [2.75, 3.05) is 19.0 Å². The molecule has 28 heavy (non-hydrogen) atoms. The van der Waals surface area contributed by atoms with Gasteiger partial charge >= 0.3 is 0 Å². The van der Waals surface area contributed by atoms with Gasteiger partial charge in [0.05, 0.1) is 7.11 Å². The van der Waals surface area contributed by atoms with Gasteiger partial charge < -0.3 is 15.4 Å². The highest BCUT2D eigenvalue weighted by atomic mass is 35.5. The van der Waals surface area contributed by atoms with Crippen LogP contribution in [0, 0.1) is 0 Å². The summed E-state index contributed by atoms with van der Waals surface area (Å²) in [7, 11) is 1.60. The second-order valence-corrected chi connectivity index (χ2v) is 6.53. The maximum Gasteiger partial charge on any atom is 0.270 e. The molecule has 1 amide bonds. The summed E-state index contributed by atoms with van der Waals surface area (Å²) >= 11 is 6.00. The van der Waals surface area contributed by atoms with Gasteiger partial charge in [0.15, 0.2) is 0 Å². The number of carbonyl (C=O) groups excluding carboxylic acids is 1. The minimum Gasteiger partial charge on any atom is -0.496 e. The number of rotatable bonds is 8. The van der Waals surface area contributed by atoms with Gasteiger partial charge in [-0.3, -0.25) is 4.79 Å². The molecule has 2 aromatic carbocycles. The normalized spacial score (nSPS) is 10.4. The Morgan fingerprint density at radius 3 is 2.79 bits per heavy atom. The Hall–Kier alpha value is -3.12. The maximum atomic E-state index is 12.4. The van der Waals surface area contributed by atoms with E-state index >= 15 is 0 Å². The fraction of sp³-hybridized carbons (Fsp3) is 0.190. The maximum absolute atomic E-state index is 12.4. The van der Waals surface area contributed by atoms with Crippen LogP contribution < -0.4 is 15.4 Å². The fourth-order valence-corrected chi connectivity index (χ4v) is 2.93. The summed E-state index contributed by atoms with van der Waals surface area (Å²) in [6.07, 6.45) is 2.17. The van der Waals surface area contributed by atoms with Gasteiger partial charge in [0, 0.05) is 29.7 Å². The Morgan fingerprint density at radius 2 is 1.96 bits per heavy atom. The summed E-state index contributed by atoms with van der Waals surface area (Å²) in [5, 5.41) is 6.78. The van der Waals surface area contributed by atoms with Crippen molar-refractivity contribution in [2.24, 2.45) is 0 Å². The first kappa shape index (κ1) is 19.6. The Labute approximate surface area is 168 Å². The lowest BCUT2D eigenvalue weighted by molar-refractivity contribution is 0.0945. The molecule has 0 saturated carbocycles. The standard InChI is InChI=1S/C21H21ClN4O2/c1-28-19-8-3-2-6-16(19)13-24-21(27)18-12-20(26-14-25-18)23-10-9-15-5-4-7-17(22)11-15/h2-8,11-12,14H,9-10,13H2,1H3,(H,24,27)(H,23,25,26). The predicted octanol–water partition coefficient (Wildman–Crippen LogP) is 3.72. The Morgan fingerprint density at radius 1 is 1.11 bits per heavy atom. The van der Waals surface area contributed by atoms with Gasteiger partial charge in [-0.1, -0.05) is 41.9 Å². The number of carbonyl (C=O) groups is 1. The Balaban J connectivity index is 1.55. The molecule has 0 atom stereocenters. The molecule has 144 valence electrons. The first-order valence-electron chi connectivity index (χ1n) is 8.86. The van der Waals surface area contributed by atoms with Crippen molar-refractivity contribution in [2.45, 2.75) is 13.0 Å². The third-order valence-electron chi connectivity index (χ3n) is 4.14. The van der Waals surface area contributed by atoms with E-state index in [-0.39, 0.29) is 5.91 Å². The van der Waals surface area contributed by atoms with Gasteiger partial charge in [0.25, 0.3) is 5.91 Å². The molecule has 1 heterocycles. The molecule has 0 saturated heterocycles. The lowest BCUT2D eigenvalue weighted by Crippen LogP contribution is -2.24. The van der Waals surface area contributed by atoms with Crippen LogP contribution in [-0.4, -0.2) is 29.5 Å². The van der Waals surface area contributed by atoms with E-state index in [0.717, 1.165) is 23.3 Å². The second-order valence-electron chi connectivity index (χ2n) is 6.09. The van der Waals surface area contributed by atoms with Gasteiger partial charge in [0.2, 0.25) is 0 Å². The van der Waals surface area contributed by atoms with Crippen molar-refractivity contribution >= 4 is 23.3 Å². The number of ether oxygens (including phenoxy) is 1. The van der Waals surface area contributed by atoms with Crippen LogP contribution in [-0.2, 0) is 13.0 Å². The SMILES string of the molecule is COc1ccccc1CNC(=O)c1cc(NCCc2cccc(Cl)c2)ncn1. The number of hydrogen-bond acceptors (Lipinski definition) is 5. The summed E-state index contributed by atoms with van der Waals surface area (Å²) in [5.41, 5.74) is 2.33. The predicted molar refractivity (Wildman–Crippen MR) is 110 cm³/mol. The third kappa shape index (κ3) is 5.44. The largest absolute Gasteiger partial charge is 0.496 e. The average molecular weight is 397 g/mol. The van der Waals surface area contributed by atoms with Crippen LogP contribution in [0.3, 0.4) is 0 Å². The van der Waals surface area contributed by atoms with Crippen LogP contribution in [0.15, 0.2) is 60.9 Å². The number of para-hydroxylation sites is 1. The third-order valence-corrected chi connectivity index (χ3v) is 4.38. The molecule has 6 nitrogen and oxygen atoms in total. The molecule has 0 spiro atoms. The van der Waals surface area contributed by atoms with E-state index in [4.69, 9.17) is 16.3 Å². The molecule has 0 aliphatic heterocycles. The van der Waals surface area contributed by atoms with Gasteiger partial charge in [0.1, 0.15) is 23.6 Å². The van der Waals surface area contributed by atoms with Crippen molar-refractivity contribution in [3.05, 3.63) is 82.8 Å². The first-order chi connectivity index (χ1) is 13.7. The highest BCUT2D eigenvalue weighted by Gasteiger charge is 2.10. The zero-order valence-corrected chi connectivity index (χ0v) is 16.2. The molecule has 0 unspecified atom stereocenters. The number of anilines is 1. The van der Waals surface area contributed by atoms with Crippen molar-refractivity contribution < 1.29 is 9.53 Å². The first-order valence-corrected chi connectivity index (χ1v) is 9.24. The number of halogens is 1. The smallest absolute Gasteiger partial charge is 0.270 e. The summed E-state index contributed by atoms with van der Waals surface area (Å²) < 4.78 is 5.30. The van der Waals surface area contributed by atoms with Crippen LogP contribution in [0.2, 0.25) is 5.02 Å². The van der Waals surface area contributed by atoms with Crippen LogP contribution >= 0.6 is 11.6 Å². The molecule has 0 bridgehead atoms. The summed E-state index contributed by atoms with van der Waals surface area (Å²) in [4.78, 5) is 20.6. The number of hydrogen-bond donors (Lipinski definition) is 2. The highest BCUT2D eigenvalue weighted by molar-refractivity contribution is 6.30. The molecule has 7 heteroatoms.